The molecule has 142 valence electrons. The summed E-state index contributed by atoms with van der Waals surface area (Å²) in [4.78, 5) is 20.6. The number of hydrogen-bond acceptors (Lipinski definition) is 5. The second kappa shape index (κ2) is 7.25. The van der Waals surface area contributed by atoms with Gasteiger partial charge in [-0.2, -0.15) is 0 Å². The number of methoxy groups -OCH3 is 1. The van der Waals surface area contributed by atoms with Gasteiger partial charge >= 0.3 is 5.97 Å². The van der Waals surface area contributed by atoms with Crippen LogP contribution in [-0.4, -0.2) is 23.0 Å². The Morgan fingerprint density at radius 1 is 1.03 bits per heavy atom. The molecule has 2 aromatic heterocycles. The summed E-state index contributed by atoms with van der Waals surface area (Å²) < 4.78 is 4.75. The molecule has 0 aliphatic heterocycles. The van der Waals surface area contributed by atoms with E-state index >= 15 is 0 Å². The highest BCUT2D eigenvalue weighted by molar-refractivity contribution is 6.08. The fourth-order valence-corrected chi connectivity index (χ4v) is 3.28. The van der Waals surface area contributed by atoms with Crippen LogP contribution < -0.4 is 5.73 Å². The van der Waals surface area contributed by atoms with E-state index in [-0.39, 0.29) is 5.97 Å². The maximum absolute atomic E-state index is 11.7. The number of aryl methyl sites for hydroxylation is 2. The molecule has 2 aromatic carbocycles. The van der Waals surface area contributed by atoms with Crippen LogP contribution in [0.1, 0.15) is 32.6 Å². The Balaban J connectivity index is 1.79. The molecule has 29 heavy (non-hydrogen) atoms. The van der Waals surface area contributed by atoms with Gasteiger partial charge in [0.2, 0.25) is 0 Å². The SMILES string of the molecule is COC(=O)c1ccc(C#Cc2cnc3c(N)nc4cc(C)ccc4c3c2)c(C)c1. The van der Waals surface area contributed by atoms with Crippen molar-refractivity contribution in [1.82, 2.24) is 9.97 Å². The smallest absolute Gasteiger partial charge is 0.337 e. The van der Waals surface area contributed by atoms with Crippen LogP contribution in [0, 0.1) is 25.7 Å². The minimum Gasteiger partial charge on any atom is -0.465 e. The number of carbonyl (C=O) groups excluding carboxylic acids is 1. The molecule has 0 bridgehead atoms. The zero-order chi connectivity index (χ0) is 20.5. The van der Waals surface area contributed by atoms with E-state index in [0.717, 1.165) is 38.5 Å². The third-order valence-electron chi connectivity index (χ3n) is 4.80. The van der Waals surface area contributed by atoms with Crippen LogP contribution in [0.25, 0.3) is 21.8 Å². The van der Waals surface area contributed by atoms with Crippen molar-refractivity contribution in [2.75, 3.05) is 12.8 Å². The van der Waals surface area contributed by atoms with Gasteiger partial charge in [0.05, 0.1) is 18.2 Å². The number of ether oxygens (including phenoxy) is 1. The monoisotopic (exact) mass is 381 g/mol. The Labute approximate surface area is 168 Å². The van der Waals surface area contributed by atoms with Crippen molar-refractivity contribution in [3.05, 3.63) is 76.5 Å². The summed E-state index contributed by atoms with van der Waals surface area (Å²) in [7, 11) is 1.37. The van der Waals surface area contributed by atoms with Gasteiger partial charge in [-0.1, -0.05) is 24.0 Å². The Bertz CT molecular complexity index is 1350. The Hall–Kier alpha value is -3.91. The fourth-order valence-electron chi connectivity index (χ4n) is 3.28. The molecule has 0 unspecified atom stereocenters. The van der Waals surface area contributed by atoms with Gasteiger partial charge in [0.15, 0.2) is 5.82 Å². The maximum atomic E-state index is 11.7. The van der Waals surface area contributed by atoms with Crippen LogP contribution in [0.15, 0.2) is 48.7 Å². The van der Waals surface area contributed by atoms with E-state index in [4.69, 9.17) is 10.5 Å². The van der Waals surface area contributed by atoms with Gasteiger partial charge in [0.1, 0.15) is 5.52 Å². The van der Waals surface area contributed by atoms with Gasteiger partial charge in [-0.05, 0) is 55.3 Å². The first-order chi connectivity index (χ1) is 14.0. The molecule has 2 N–H and O–H groups in total. The summed E-state index contributed by atoms with van der Waals surface area (Å²) in [5.41, 5.74) is 11.8. The summed E-state index contributed by atoms with van der Waals surface area (Å²) in [6, 6.07) is 13.4. The Morgan fingerprint density at radius 3 is 2.62 bits per heavy atom. The van der Waals surface area contributed by atoms with Gasteiger partial charge in [-0.25, -0.2) is 9.78 Å². The van der Waals surface area contributed by atoms with Crippen LogP contribution in [0.5, 0.6) is 0 Å². The predicted octanol–water partition coefficient (Wildman–Crippen LogP) is 4.17. The third-order valence-corrected chi connectivity index (χ3v) is 4.80. The number of fused-ring (bicyclic) bond motifs is 3. The van der Waals surface area contributed by atoms with E-state index in [1.807, 2.05) is 44.2 Å². The second-order valence-electron chi connectivity index (χ2n) is 6.91. The molecule has 5 nitrogen and oxygen atoms in total. The minimum atomic E-state index is -0.361. The number of nitrogens with two attached hydrogens (primary N) is 1. The van der Waals surface area contributed by atoms with Crippen LogP contribution in [0.2, 0.25) is 0 Å². The molecule has 2 heterocycles. The average Bonchev–Trinajstić information content (AvgIpc) is 2.72. The van der Waals surface area contributed by atoms with Crippen molar-refractivity contribution in [2.24, 2.45) is 0 Å². The van der Waals surface area contributed by atoms with E-state index in [1.165, 1.54) is 7.11 Å². The lowest BCUT2D eigenvalue weighted by Crippen LogP contribution is -2.01. The number of hydrogen-bond donors (Lipinski definition) is 1. The molecule has 4 aromatic rings. The fraction of sp³-hybridized carbons (Fsp3) is 0.125. The van der Waals surface area contributed by atoms with Crippen molar-refractivity contribution < 1.29 is 9.53 Å². The molecule has 0 amide bonds. The molecule has 4 rings (SSSR count). The molecule has 0 fully saturated rings. The quantitative estimate of drug-likeness (QED) is 0.304. The molecule has 0 aliphatic carbocycles. The number of nitrogen functional groups attached to an aromatic ring is 1. The first kappa shape index (κ1) is 18.5. The average molecular weight is 381 g/mol. The van der Waals surface area contributed by atoms with Crippen molar-refractivity contribution in [3.8, 4) is 11.8 Å². The van der Waals surface area contributed by atoms with Crippen molar-refractivity contribution >= 4 is 33.6 Å². The zero-order valence-corrected chi connectivity index (χ0v) is 16.4. The minimum absolute atomic E-state index is 0.361. The zero-order valence-electron chi connectivity index (χ0n) is 16.4. The van der Waals surface area contributed by atoms with E-state index < -0.39 is 0 Å². The van der Waals surface area contributed by atoms with Crippen LogP contribution in [0.3, 0.4) is 0 Å². The van der Waals surface area contributed by atoms with Crippen LogP contribution in [0.4, 0.5) is 5.82 Å². The largest absolute Gasteiger partial charge is 0.465 e. The first-order valence-electron chi connectivity index (χ1n) is 9.13. The van der Waals surface area contributed by atoms with Crippen molar-refractivity contribution in [1.29, 1.82) is 0 Å². The van der Waals surface area contributed by atoms with Gasteiger partial charge in [-0.3, -0.25) is 4.98 Å². The number of carbonyl (C=O) groups is 1. The van der Waals surface area contributed by atoms with E-state index in [1.54, 1.807) is 18.3 Å². The maximum Gasteiger partial charge on any atom is 0.337 e. The number of aromatic nitrogens is 2. The number of rotatable bonds is 1. The van der Waals surface area contributed by atoms with Gasteiger partial charge < -0.3 is 10.5 Å². The van der Waals surface area contributed by atoms with Crippen LogP contribution >= 0.6 is 0 Å². The summed E-state index contributed by atoms with van der Waals surface area (Å²) in [6.07, 6.45) is 1.70. The number of nitrogens with zero attached hydrogens (tertiary/aromatic N) is 2. The van der Waals surface area contributed by atoms with E-state index in [9.17, 15) is 4.79 Å². The summed E-state index contributed by atoms with van der Waals surface area (Å²) in [5, 5.41) is 1.92. The highest BCUT2D eigenvalue weighted by Crippen LogP contribution is 2.27. The molecule has 0 aliphatic rings. The molecular formula is C24H19N3O2. The van der Waals surface area contributed by atoms with Crippen molar-refractivity contribution in [3.63, 3.8) is 0 Å². The molecule has 0 atom stereocenters. The van der Waals surface area contributed by atoms with Crippen molar-refractivity contribution in [2.45, 2.75) is 13.8 Å². The number of pyridine rings is 2. The molecule has 0 saturated heterocycles. The number of esters is 1. The highest BCUT2D eigenvalue weighted by Gasteiger charge is 2.09. The van der Waals surface area contributed by atoms with E-state index in [2.05, 4.69) is 21.8 Å². The lowest BCUT2D eigenvalue weighted by atomic mass is 10.0. The lowest BCUT2D eigenvalue weighted by Gasteiger charge is -2.07. The Kier molecular flexibility index (Phi) is 4.61. The molecule has 0 spiro atoms. The lowest BCUT2D eigenvalue weighted by molar-refractivity contribution is 0.0600. The standard InChI is InChI=1S/C24H19N3O2/c1-14-4-9-19-20-12-16(13-26-22(20)23(25)27-21(19)10-14)5-6-17-7-8-18(11-15(17)2)24(28)29-3/h4,7-13H,1-3H3,(H2,25,27). The third kappa shape index (κ3) is 3.48. The molecule has 0 radical (unpaired) electrons. The Morgan fingerprint density at radius 2 is 1.86 bits per heavy atom. The van der Waals surface area contributed by atoms with Gasteiger partial charge in [-0.15, -0.1) is 0 Å². The van der Waals surface area contributed by atoms with E-state index in [0.29, 0.717) is 16.9 Å². The number of benzene rings is 2. The topological polar surface area (TPSA) is 78.1 Å². The second-order valence-corrected chi connectivity index (χ2v) is 6.91. The number of anilines is 1. The molecule has 5 heteroatoms. The molecule has 0 saturated carbocycles. The highest BCUT2D eigenvalue weighted by atomic mass is 16.5. The van der Waals surface area contributed by atoms with Gasteiger partial charge in [0, 0.05) is 28.1 Å². The molecular weight excluding hydrogens is 362 g/mol. The van der Waals surface area contributed by atoms with Crippen LogP contribution in [-0.2, 0) is 4.74 Å². The summed E-state index contributed by atoms with van der Waals surface area (Å²) in [6.45, 7) is 3.94. The van der Waals surface area contributed by atoms with Gasteiger partial charge in [0.25, 0.3) is 0 Å². The normalized spacial score (nSPS) is 10.6. The first-order valence-corrected chi connectivity index (χ1v) is 9.13. The summed E-state index contributed by atoms with van der Waals surface area (Å²) >= 11 is 0. The predicted molar refractivity (Wildman–Crippen MR) is 115 cm³/mol. The summed E-state index contributed by atoms with van der Waals surface area (Å²) in [5.74, 6) is 6.37.